The van der Waals surface area contributed by atoms with Gasteiger partial charge in [0.05, 0.1) is 17.9 Å². The van der Waals surface area contributed by atoms with Gasteiger partial charge in [-0.15, -0.1) is 0 Å². The number of amides is 1. The number of rotatable bonds is 6. The molecule has 2 aromatic rings. The van der Waals surface area contributed by atoms with E-state index in [0.717, 1.165) is 5.56 Å². The number of carbonyl (C=O) groups excluding carboxylic acids is 1. The van der Waals surface area contributed by atoms with Gasteiger partial charge in [-0.3, -0.25) is 9.78 Å². The van der Waals surface area contributed by atoms with Gasteiger partial charge in [-0.2, -0.15) is 13.2 Å². The number of halogens is 5. The summed E-state index contributed by atoms with van der Waals surface area (Å²) in [6.07, 6.45) is -2.63. The third-order valence-electron chi connectivity index (χ3n) is 4.45. The highest BCUT2D eigenvalue weighted by molar-refractivity contribution is 6.31. The average molecular weight is 417 g/mol. The van der Waals surface area contributed by atoms with Crippen LogP contribution in [-0.2, 0) is 4.79 Å². The molecular formula is C19H17ClF4N2O2. The molecule has 0 radical (unpaired) electrons. The van der Waals surface area contributed by atoms with Crippen LogP contribution in [0.1, 0.15) is 36.6 Å². The van der Waals surface area contributed by atoms with E-state index in [2.05, 4.69) is 15.0 Å². The Hall–Kier alpha value is -2.35. The van der Waals surface area contributed by atoms with Crippen molar-refractivity contribution >= 4 is 17.5 Å². The number of carbonyl (C=O) groups is 1. The largest absolute Gasteiger partial charge is 0.483 e. The standard InChI is InChI=1S/C19H17ClF4N2O2/c1-10(17-5-3-12(8-25-17)28-9-19(22,23)24)26-18(27)15-7-14(15)13-4-2-11(21)6-16(13)20/h2-6,8,10,14-15H,7,9H2,1H3,(H,26,27). The maximum Gasteiger partial charge on any atom is 0.422 e. The first-order valence-corrected chi connectivity index (χ1v) is 8.92. The van der Waals surface area contributed by atoms with E-state index in [-0.39, 0.29) is 23.5 Å². The van der Waals surface area contributed by atoms with Crippen molar-refractivity contribution in [2.24, 2.45) is 5.92 Å². The lowest BCUT2D eigenvalue weighted by Crippen LogP contribution is -2.29. The highest BCUT2D eigenvalue weighted by atomic mass is 35.5. The molecule has 1 aromatic heterocycles. The molecule has 150 valence electrons. The first-order valence-electron chi connectivity index (χ1n) is 8.55. The summed E-state index contributed by atoms with van der Waals surface area (Å²) >= 11 is 6.04. The van der Waals surface area contributed by atoms with Crippen molar-refractivity contribution < 1.29 is 27.1 Å². The Kier molecular flexibility index (Phi) is 5.79. The Labute approximate surface area is 163 Å². The van der Waals surface area contributed by atoms with Crippen molar-refractivity contribution in [3.8, 4) is 5.75 Å². The number of aromatic nitrogens is 1. The Morgan fingerprint density at radius 2 is 2.11 bits per heavy atom. The van der Waals surface area contributed by atoms with E-state index in [1.165, 1.54) is 30.5 Å². The smallest absolute Gasteiger partial charge is 0.422 e. The predicted molar refractivity (Wildman–Crippen MR) is 94.6 cm³/mol. The van der Waals surface area contributed by atoms with Gasteiger partial charge in [0.25, 0.3) is 0 Å². The number of ether oxygens (including phenoxy) is 1. The number of nitrogens with one attached hydrogen (secondary N) is 1. The van der Waals surface area contributed by atoms with E-state index < -0.39 is 24.6 Å². The van der Waals surface area contributed by atoms with Crippen LogP contribution in [0.5, 0.6) is 5.75 Å². The van der Waals surface area contributed by atoms with Crippen LogP contribution < -0.4 is 10.1 Å². The van der Waals surface area contributed by atoms with Gasteiger partial charge in [-0.1, -0.05) is 17.7 Å². The predicted octanol–water partition coefficient (Wildman–Crippen LogP) is 4.80. The summed E-state index contributed by atoms with van der Waals surface area (Å²) in [7, 11) is 0. The SMILES string of the molecule is CC(NC(=O)C1CC1c1ccc(F)cc1Cl)c1ccc(OCC(F)(F)F)cn1. The van der Waals surface area contributed by atoms with Crippen molar-refractivity contribution in [1.82, 2.24) is 10.3 Å². The molecule has 1 heterocycles. The zero-order valence-corrected chi connectivity index (χ0v) is 15.5. The second-order valence-corrected chi connectivity index (χ2v) is 7.07. The summed E-state index contributed by atoms with van der Waals surface area (Å²) in [4.78, 5) is 16.5. The fraction of sp³-hybridized carbons (Fsp3) is 0.368. The summed E-state index contributed by atoms with van der Waals surface area (Å²) < 4.78 is 54.2. The van der Waals surface area contributed by atoms with Gasteiger partial charge in [-0.05, 0) is 49.1 Å². The summed E-state index contributed by atoms with van der Waals surface area (Å²) in [5.41, 5.74) is 1.23. The molecule has 0 aliphatic heterocycles. The molecule has 0 bridgehead atoms. The zero-order chi connectivity index (χ0) is 20.5. The van der Waals surface area contributed by atoms with Gasteiger partial charge in [0.2, 0.25) is 5.91 Å². The minimum atomic E-state index is -4.42. The number of nitrogens with zero attached hydrogens (tertiary/aromatic N) is 1. The Balaban J connectivity index is 1.55. The van der Waals surface area contributed by atoms with E-state index in [0.29, 0.717) is 17.1 Å². The number of pyridine rings is 1. The van der Waals surface area contributed by atoms with Crippen molar-refractivity contribution in [3.63, 3.8) is 0 Å². The quantitative estimate of drug-likeness (QED) is 0.688. The van der Waals surface area contributed by atoms with E-state index >= 15 is 0 Å². The van der Waals surface area contributed by atoms with Crippen LogP contribution in [0, 0.1) is 11.7 Å². The number of hydrogen-bond donors (Lipinski definition) is 1. The van der Waals surface area contributed by atoms with Crippen LogP contribution in [0.2, 0.25) is 5.02 Å². The Morgan fingerprint density at radius 3 is 2.71 bits per heavy atom. The summed E-state index contributed by atoms with van der Waals surface area (Å²) in [6, 6.07) is 6.55. The molecule has 1 fully saturated rings. The lowest BCUT2D eigenvalue weighted by atomic mass is 10.1. The lowest BCUT2D eigenvalue weighted by molar-refractivity contribution is -0.153. The van der Waals surface area contributed by atoms with Crippen LogP contribution in [-0.4, -0.2) is 23.7 Å². The number of hydrogen-bond acceptors (Lipinski definition) is 3. The van der Waals surface area contributed by atoms with Crippen LogP contribution >= 0.6 is 11.6 Å². The van der Waals surface area contributed by atoms with Gasteiger partial charge in [0.1, 0.15) is 11.6 Å². The fourth-order valence-corrected chi connectivity index (χ4v) is 3.23. The molecule has 3 rings (SSSR count). The molecule has 1 aliphatic rings. The Morgan fingerprint density at radius 1 is 1.36 bits per heavy atom. The van der Waals surface area contributed by atoms with Crippen molar-refractivity contribution in [3.05, 3.63) is 58.6 Å². The Bertz CT molecular complexity index is 858. The molecule has 9 heteroatoms. The summed E-state index contributed by atoms with van der Waals surface area (Å²) in [6.45, 7) is 0.327. The number of alkyl halides is 3. The molecule has 4 nitrogen and oxygen atoms in total. The van der Waals surface area contributed by atoms with Gasteiger partial charge in [0.15, 0.2) is 6.61 Å². The second-order valence-electron chi connectivity index (χ2n) is 6.67. The molecule has 0 spiro atoms. The van der Waals surface area contributed by atoms with Gasteiger partial charge in [-0.25, -0.2) is 4.39 Å². The third kappa shape index (κ3) is 5.13. The minimum Gasteiger partial charge on any atom is -0.483 e. The molecular weight excluding hydrogens is 400 g/mol. The fourth-order valence-electron chi connectivity index (χ4n) is 2.92. The van der Waals surface area contributed by atoms with E-state index in [1.54, 1.807) is 13.0 Å². The zero-order valence-electron chi connectivity index (χ0n) is 14.8. The van der Waals surface area contributed by atoms with E-state index in [1.807, 2.05) is 0 Å². The maximum absolute atomic E-state index is 13.1. The van der Waals surface area contributed by atoms with Crippen LogP contribution in [0.15, 0.2) is 36.5 Å². The first kappa shape index (κ1) is 20.4. The van der Waals surface area contributed by atoms with E-state index in [9.17, 15) is 22.4 Å². The van der Waals surface area contributed by atoms with Gasteiger partial charge in [0, 0.05) is 10.9 Å². The first-order chi connectivity index (χ1) is 13.1. The second kappa shape index (κ2) is 7.95. The lowest BCUT2D eigenvalue weighted by Gasteiger charge is -2.14. The molecule has 28 heavy (non-hydrogen) atoms. The molecule has 1 saturated carbocycles. The molecule has 1 N–H and O–H groups in total. The third-order valence-corrected chi connectivity index (χ3v) is 4.78. The molecule has 1 aliphatic carbocycles. The summed E-state index contributed by atoms with van der Waals surface area (Å²) in [5, 5.41) is 3.12. The van der Waals surface area contributed by atoms with Crippen molar-refractivity contribution in [2.45, 2.75) is 31.5 Å². The highest BCUT2D eigenvalue weighted by Gasteiger charge is 2.45. The van der Waals surface area contributed by atoms with E-state index in [4.69, 9.17) is 11.6 Å². The number of benzene rings is 1. The molecule has 0 saturated heterocycles. The van der Waals surface area contributed by atoms with Crippen molar-refractivity contribution in [2.75, 3.05) is 6.61 Å². The monoisotopic (exact) mass is 416 g/mol. The minimum absolute atomic E-state index is 0.00666. The van der Waals surface area contributed by atoms with Crippen LogP contribution in [0.25, 0.3) is 0 Å². The average Bonchev–Trinajstić information content (AvgIpc) is 3.40. The van der Waals surface area contributed by atoms with Crippen molar-refractivity contribution in [1.29, 1.82) is 0 Å². The summed E-state index contributed by atoms with van der Waals surface area (Å²) in [5.74, 6) is -0.950. The van der Waals surface area contributed by atoms with Gasteiger partial charge < -0.3 is 10.1 Å². The van der Waals surface area contributed by atoms with Crippen LogP contribution in [0.3, 0.4) is 0 Å². The topological polar surface area (TPSA) is 51.2 Å². The molecule has 1 aromatic carbocycles. The highest BCUT2D eigenvalue weighted by Crippen LogP contribution is 2.50. The normalized spacial score (nSPS) is 19.8. The molecule has 1 amide bonds. The molecule has 3 atom stereocenters. The maximum atomic E-state index is 13.1. The molecule has 3 unspecified atom stereocenters. The van der Waals surface area contributed by atoms with Gasteiger partial charge >= 0.3 is 6.18 Å². The van der Waals surface area contributed by atoms with Crippen LogP contribution in [0.4, 0.5) is 17.6 Å².